The fourth-order valence-corrected chi connectivity index (χ4v) is 4.58. The van der Waals surface area contributed by atoms with Crippen LogP contribution in [0.3, 0.4) is 0 Å². The lowest BCUT2D eigenvalue weighted by atomic mass is 10.1. The van der Waals surface area contributed by atoms with Crippen LogP contribution < -0.4 is 4.72 Å². The van der Waals surface area contributed by atoms with Gasteiger partial charge >= 0.3 is 0 Å². The van der Waals surface area contributed by atoms with E-state index in [-0.39, 0.29) is 18.0 Å². The maximum atomic E-state index is 12.5. The zero-order valence-corrected chi connectivity index (χ0v) is 16.1. The lowest BCUT2D eigenvalue weighted by molar-refractivity contribution is 0.301. The molecule has 2 heterocycles. The first-order valence-corrected chi connectivity index (χ1v) is 10.6. The van der Waals surface area contributed by atoms with E-state index in [1.54, 1.807) is 37.0 Å². The molecule has 0 aliphatic carbocycles. The smallest absolute Gasteiger partial charge is 0.240 e. The van der Waals surface area contributed by atoms with Crippen LogP contribution in [0.4, 0.5) is 0 Å². The van der Waals surface area contributed by atoms with Gasteiger partial charge in [-0.25, -0.2) is 23.1 Å². The number of benzene rings is 1. The predicted molar refractivity (Wildman–Crippen MR) is 102 cm³/mol. The number of fused-ring (bicyclic) bond motifs is 1. The zero-order valence-electron chi connectivity index (χ0n) is 14.5. The molecule has 0 aliphatic heterocycles. The Morgan fingerprint density at radius 2 is 2.12 bits per heavy atom. The van der Waals surface area contributed by atoms with E-state index in [9.17, 15) is 8.42 Å². The van der Waals surface area contributed by atoms with Crippen LogP contribution in [-0.2, 0) is 10.0 Å². The number of hydrogen-bond acceptors (Lipinski definition) is 6. The fourth-order valence-electron chi connectivity index (χ4n) is 2.58. The van der Waals surface area contributed by atoms with Gasteiger partial charge in [0.1, 0.15) is 5.65 Å². The van der Waals surface area contributed by atoms with Gasteiger partial charge in [-0.15, -0.1) is 0 Å². The van der Waals surface area contributed by atoms with Gasteiger partial charge in [-0.05, 0) is 24.3 Å². The highest BCUT2D eigenvalue weighted by molar-refractivity contribution is 7.99. The molecular formula is C17H20N4O3S2. The van der Waals surface area contributed by atoms with Gasteiger partial charge < -0.3 is 5.11 Å². The van der Waals surface area contributed by atoms with Gasteiger partial charge in [-0.3, -0.25) is 4.40 Å². The summed E-state index contributed by atoms with van der Waals surface area (Å²) in [6, 6.07) is 7.05. The lowest BCUT2D eigenvalue weighted by Crippen LogP contribution is -2.27. The molecule has 0 unspecified atom stereocenters. The number of aryl methyl sites for hydroxylation is 1. The summed E-state index contributed by atoms with van der Waals surface area (Å²) < 4.78 is 29.2. The SMILES string of the molecule is CCSc1nc(-c2ccc(C)c(S(=O)(=O)NCCO)c2)cc2nccn12. The Kier molecular flexibility index (Phi) is 5.61. The van der Waals surface area contributed by atoms with Crippen molar-refractivity contribution in [3.8, 4) is 11.3 Å². The second kappa shape index (κ2) is 7.75. The van der Waals surface area contributed by atoms with E-state index < -0.39 is 10.0 Å². The maximum absolute atomic E-state index is 12.5. The molecule has 0 saturated carbocycles. The summed E-state index contributed by atoms with van der Waals surface area (Å²) in [5, 5.41) is 9.70. The van der Waals surface area contributed by atoms with E-state index in [4.69, 9.17) is 5.11 Å². The molecule has 1 aromatic carbocycles. The Morgan fingerprint density at radius 3 is 2.85 bits per heavy atom. The third-order valence-corrected chi connectivity index (χ3v) is 6.25. The molecule has 0 saturated heterocycles. The number of hydrogen-bond donors (Lipinski definition) is 2. The molecule has 0 atom stereocenters. The third kappa shape index (κ3) is 3.75. The molecule has 2 N–H and O–H groups in total. The van der Waals surface area contributed by atoms with Gasteiger partial charge in [-0.1, -0.05) is 30.8 Å². The summed E-state index contributed by atoms with van der Waals surface area (Å²) in [6.45, 7) is 3.50. The van der Waals surface area contributed by atoms with Gasteiger partial charge in [0.15, 0.2) is 5.16 Å². The van der Waals surface area contributed by atoms with Crippen LogP contribution in [-0.4, -0.2) is 46.8 Å². The van der Waals surface area contributed by atoms with Crippen LogP contribution in [0, 0.1) is 6.92 Å². The number of aliphatic hydroxyl groups excluding tert-OH is 1. The molecule has 0 spiro atoms. The summed E-state index contributed by atoms with van der Waals surface area (Å²) >= 11 is 1.60. The number of aliphatic hydroxyl groups is 1. The van der Waals surface area contributed by atoms with Crippen LogP contribution >= 0.6 is 11.8 Å². The van der Waals surface area contributed by atoms with Crippen molar-refractivity contribution in [2.75, 3.05) is 18.9 Å². The van der Waals surface area contributed by atoms with Crippen molar-refractivity contribution in [3.05, 3.63) is 42.2 Å². The molecule has 3 aromatic rings. The van der Waals surface area contributed by atoms with Crippen molar-refractivity contribution in [2.45, 2.75) is 23.9 Å². The van der Waals surface area contributed by atoms with Crippen LogP contribution in [0.25, 0.3) is 16.9 Å². The summed E-state index contributed by atoms with van der Waals surface area (Å²) in [5.74, 6) is 0.863. The van der Waals surface area contributed by atoms with Gasteiger partial charge in [0, 0.05) is 30.6 Å². The number of nitrogens with one attached hydrogen (secondary N) is 1. The molecular weight excluding hydrogens is 372 g/mol. The van der Waals surface area contributed by atoms with Crippen molar-refractivity contribution in [2.24, 2.45) is 0 Å². The Bertz CT molecular complexity index is 1030. The normalized spacial score (nSPS) is 12.0. The molecule has 3 rings (SSSR count). The topological polar surface area (TPSA) is 96.6 Å². The fraction of sp³-hybridized carbons (Fsp3) is 0.294. The minimum Gasteiger partial charge on any atom is -0.395 e. The van der Waals surface area contributed by atoms with Crippen molar-refractivity contribution in [1.29, 1.82) is 0 Å². The molecule has 0 radical (unpaired) electrons. The van der Waals surface area contributed by atoms with E-state index in [1.807, 2.05) is 29.7 Å². The van der Waals surface area contributed by atoms with E-state index in [1.165, 1.54) is 0 Å². The molecule has 9 heteroatoms. The average molecular weight is 393 g/mol. The van der Waals surface area contributed by atoms with E-state index in [0.29, 0.717) is 16.8 Å². The minimum absolute atomic E-state index is 0.0262. The maximum Gasteiger partial charge on any atom is 0.240 e. The molecule has 7 nitrogen and oxygen atoms in total. The Hall–Kier alpha value is -1.94. The van der Waals surface area contributed by atoms with Crippen molar-refractivity contribution in [1.82, 2.24) is 19.1 Å². The van der Waals surface area contributed by atoms with Gasteiger partial charge in [0.25, 0.3) is 0 Å². The first kappa shape index (κ1) is 18.8. The number of sulfonamides is 1. The highest BCUT2D eigenvalue weighted by Crippen LogP contribution is 2.27. The second-order valence-electron chi connectivity index (χ2n) is 5.61. The summed E-state index contributed by atoms with van der Waals surface area (Å²) in [4.78, 5) is 9.19. The quantitative estimate of drug-likeness (QED) is 0.472. The molecule has 0 bridgehead atoms. The monoisotopic (exact) mass is 392 g/mol. The Morgan fingerprint density at radius 1 is 1.31 bits per heavy atom. The van der Waals surface area contributed by atoms with E-state index >= 15 is 0 Å². The summed E-state index contributed by atoms with van der Waals surface area (Å²) in [7, 11) is -3.70. The highest BCUT2D eigenvalue weighted by Gasteiger charge is 2.18. The molecule has 0 fully saturated rings. The molecule has 0 aliphatic rings. The molecule has 2 aromatic heterocycles. The number of rotatable bonds is 7. The molecule has 26 heavy (non-hydrogen) atoms. The van der Waals surface area contributed by atoms with E-state index in [2.05, 4.69) is 14.7 Å². The van der Waals surface area contributed by atoms with Crippen LogP contribution in [0.1, 0.15) is 12.5 Å². The molecule has 138 valence electrons. The van der Waals surface area contributed by atoms with Gasteiger partial charge in [-0.2, -0.15) is 0 Å². The number of imidazole rings is 1. The largest absolute Gasteiger partial charge is 0.395 e. The van der Waals surface area contributed by atoms with Crippen LogP contribution in [0.5, 0.6) is 0 Å². The third-order valence-electron chi connectivity index (χ3n) is 3.81. The summed E-state index contributed by atoms with van der Waals surface area (Å²) in [5.41, 5.74) is 2.75. The summed E-state index contributed by atoms with van der Waals surface area (Å²) in [6.07, 6.45) is 3.57. The zero-order chi connectivity index (χ0) is 18.7. The second-order valence-corrected chi connectivity index (χ2v) is 8.58. The molecule has 0 amide bonds. The predicted octanol–water partition coefficient (Wildman–Crippen LogP) is 2.09. The highest BCUT2D eigenvalue weighted by atomic mass is 32.2. The average Bonchev–Trinajstić information content (AvgIpc) is 3.09. The standard InChI is InChI=1S/C17H20N4O3S2/c1-3-25-17-20-14(11-16-18-6-8-21(16)17)13-5-4-12(2)15(10-13)26(23,24)19-7-9-22/h4-6,8,10-11,19,22H,3,7,9H2,1-2H3. The van der Waals surface area contributed by atoms with Crippen molar-refractivity contribution < 1.29 is 13.5 Å². The number of aromatic nitrogens is 3. The Balaban J connectivity index is 2.10. The first-order valence-electron chi connectivity index (χ1n) is 8.14. The van der Waals surface area contributed by atoms with Gasteiger partial charge in [0.05, 0.1) is 17.2 Å². The Labute approximate surface area is 156 Å². The van der Waals surface area contributed by atoms with Crippen molar-refractivity contribution >= 4 is 27.4 Å². The first-order chi connectivity index (χ1) is 12.5. The minimum atomic E-state index is -3.70. The van der Waals surface area contributed by atoms with Crippen LogP contribution in [0.2, 0.25) is 0 Å². The van der Waals surface area contributed by atoms with Crippen molar-refractivity contribution in [3.63, 3.8) is 0 Å². The van der Waals surface area contributed by atoms with Crippen LogP contribution in [0.15, 0.2) is 46.7 Å². The number of thioether (sulfide) groups is 1. The van der Waals surface area contributed by atoms with Gasteiger partial charge in [0.2, 0.25) is 10.0 Å². The number of nitrogens with zero attached hydrogens (tertiary/aromatic N) is 3. The van der Waals surface area contributed by atoms with E-state index in [0.717, 1.165) is 16.6 Å². The lowest BCUT2D eigenvalue weighted by Gasteiger charge is -2.12.